The van der Waals surface area contributed by atoms with Crippen molar-refractivity contribution < 1.29 is 26.7 Å². The van der Waals surface area contributed by atoms with Crippen LogP contribution in [-0.4, -0.2) is 12.3 Å². The average Bonchev–Trinajstić information content (AvgIpc) is 2.18. The Hall–Kier alpha value is -1.37. The largest absolute Gasteiger partial charge is 0.418 e. The smallest absolute Gasteiger partial charge is 0.321 e. The van der Waals surface area contributed by atoms with Gasteiger partial charge in [-0.2, -0.15) is 22.0 Å². The minimum Gasteiger partial charge on any atom is -0.321 e. The first-order chi connectivity index (χ1) is 7.71. The van der Waals surface area contributed by atoms with E-state index < -0.39 is 29.8 Å². The molecule has 8 heteroatoms. The molecular formula is C9H5ClF5NO. The van der Waals surface area contributed by atoms with Gasteiger partial charge in [-0.25, -0.2) is 0 Å². The highest BCUT2D eigenvalue weighted by molar-refractivity contribution is 6.30. The second-order valence-corrected chi connectivity index (χ2v) is 3.41. The topological polar surface area (TPSA) is 29.1 Å². The first kappa shape index (κ1) is 13.7. The zero-order valence-electron chi connectivity index (χ0n) is 7.99. The Balaban J connectivity index is 3.12. The molecule has 0 aliphatic rings. The fourth-order valence-corrected chi connectivity index (χ4v) is 1.22. The molecule has 0 radical (unpaired) electrons. The van der Waals surface area contributed by atoms with Crippen LogP contribution in [0.25, 0.3) is 0 Å². The van der Waals surface area contributed by atoms with Crippen LogP contribution in [0.15, 0.2) is 18.2 Å². The van der Waals surface area contributed by atoms with Crippen molar-refractivity contribution in [3.63, 3.8) is 0 Å². The van der Waals surface area contributed by atoms with Crippen LogP contribution in [0.4, 0.5) is 27.6 Å². The van der Waals surface area contributed by atoms with E-state index in [-0.39, 0.29) is 5.02 Å². The van der Waals surface area contributed by atoms with E-state index in [9.17, 15) is 26.7 Å². The molecule has 94 valence electrons. The lowest BCUT2D eigenvalue weighted by molar-refractivity contribution is -0.137. The number of amides is 1. The van der Waals surface area contributed by atoms with Gasteiger partial charge in [0.2, 0.25) is 0 Å². The van der Waals surface area contributed by atoms with Gasteiger partial charge >= 0.3 is 12.6 Å². The third-order valence-corrected chi connectivity index (χ3v) is 1.98. The molecule has 1 amide bonds. The monoisotopic (exact) mass is 273 g/mol. The van der Waals surface area contributed by atoms with Gasteiger partial charge in [0.1, 0.15) is 0 Å². The van der Waals surface area contributed by atoms with E-state index in [0.717, 1.165) is 12.1 Å². The van der Waals surface area contributed by atoms with Crippen molar-refractivity contribution in [2.75, 3.05) is 5.32 Å². The normalized spacial score (nSPS) is 11.7. The number of nitrogens with one attached hydrogen (secondary N) is 1. The van der Waals surface area contributed by atoms with Crippen molar-refractivity contribution in [2.24, 2.45) is 0 Å². The third-order valence-electron chi connectivity index (χ3n) is 1.74. The molecule has 0 spiro atoms. The van der Waals surface area contributed by atoms with Gasteiger partial charge in [-0.15, -0.1) is 0 Å². The lowest BCUT2D eigenvalue weighted by atomic mass is 10.1. The Labute approximate surface area is 97.4 Å². The summed E-state index contributed by atoms with van der Waals surface area (Å²) >= 11 is 5.36. The third kappa shape index (κ3) is 3.55. The number of halogens is 6. The van der Waals surface area contributed by atoms with Gasteiger partial charge in [0.25, 0.3) is 5.91 Å². The lowest BCUT2D eigenvalue weighted by Crippen LogP contribution is -2.22. The maximum absolute atomic E-state index is 12.5. The molecule has 17 heavy (non-hydrogen) atoms. The molecule has 0 aromatic heterocycles. The maximum Gasteiger partial charge on any atom is 0.418 e. The van der Waals surface area contributed by atoms with Crippen molar-refractivity contribution in [2.45, 2.75) is 12.6 Å². The van der Waals surface area contributed by atoms with Gasteiger partial charge in [-0.3, -0.25) is 4.79 Å². The van der Waals surface area contributed by atoms with Crippen molar-refractivity contribution in [1.29, 1.82) is 0 Å². The molecule has 0 fully saturated rings. The number of alkyl halides is 5. The molecule has 0 heterocycles. The number of rotatable bonds is 2. The number of benzene rings is 1. The zero-order valence-corrected chi connectivity index (χ0v) is 8.74. The molecule has 0 saturated carbocycles. The van der Waals surface area contributed by atoms with Gasteiger partial charge in [-0.1, -0.05) is 11.6 Å². The number of carbonyl (C=O) groups excluding carboxylic acids is 1. The summed E-state index contributed by atoms with van der Waals surface area (Å²) in [6.07, 6.45) is -8.19. The molecule has 1 aromatic carbocycles. The Kier molecular flexibility index (Phi) is 3.92. The zero-order chi connectivity index (χ0) is 13.2. The van der Waals surface area contributed by atoms with E-state index in [1.165, 1.54) is 5.32 Å². The van der Waals surface area contributed by atoms with Crippen LogP contribution < -0.4 is 5.32 Å². The molecule has 0 aliphatic carbocycles. The van der Waals surface area contributed by atoms with E-state index in [2.05, 4.69) is 0 Å². The van der Waals surface area contributed by atoms with Crippen LogP contribution in [0.2, 0.25) is 5.02 Å². The predicted molar refractivity (Wildman–Crippen MR) is 51.1 cm³/mol. The van der Waals surface area contributed by atoms with E-state index in [4.69, 9.17) is 11.6 Å². The van der Waals surface area contributed by atoms with Crippen LogP contribution in [0.1, 0.15) is 5.56 Å². The molecular weight excluding hydrogens is 269 g/mol. The Morgan fingerprint density at radius 1 is 1.29 bits per heavy atom. The van der Waals surface area contributed by atoms with Crippen molar-refractivity contribution in [3.8, 4) is 0 Å². The second-order valence-electron chi connectivity index (χ2n) is 2.98. The number of anilines is 1. The number of carbonyl (C=O) groups is 1. The van der Waals surface area contributed by atoms with Crippen molar-refractivity contribution >= 4 is 23.2 Å². The molecule has 0 unspecified atom stereocenters. The van der Waals surface area contributed by atoms with Crippen LogP contribution in [0, 0.1) is 0 Å². The Morgan fingerprint density at radius 3 is 2.35 bits per heavy atom. The van der Waals surface area contributed by atoms with E-state index in [0.29, 0.717) is 6.07 Å². The molecule has 1 N–H and O–H groups in total. The predicted octanol–water partition coefficient (Wildman–Crippen LogP) is 3.56. The van der Waals surface area contributed by atoms with Gasteiger partial charge in [0.05, 0.1) is 11.3 Å². The van der Waals surface area contributed by atoms with E-state index in [1.54, 1.807) is 0 Å². The summed E-state index contributed by atoms with van der Waals surface area (Å²) in [6, 6.07) is 2.41. The molecule has 1 aromatic rings. The van der Waals surface area contributed by atoms with Crippen molar-refractivity contribution in [1.82, 2.24) is 0 Å². The summed E-state index contributed by atoms with van der Waals surface area (Å²) in [4.78, 5) is 10.6. The van der Waals surface area contributed by atoms with Crippen LogP contribution in [0.3, 0.4) is 0 Å². The minimum absolute atomic E-state index is 0.215. The summed E-state index contributed by atoms with van der Waals surface area (Å²) in [5.74, 6) is -1.81. The molecule has 1 rings (SSSR count). The highest BCUT2D eigenvalue weighted by Gasteiger charge is 2.34. The first-order valence-corrected chi connectivity index (χ1v) is 4.55. The maximum atomic E-state index is 12.5. The Morgan fingerprint density at radius 2 is 1.88 bits per heavy atom. The fourth-order valence-electron chi connectivity index (χ4n) is 1.05. The molecule has 0 saturated heterocycles. The standard InChI is InChI=1S/C9H5ClF5NO/c10-4-1-2-6(16-8(17)7(11)12)5(3-4)9(13,14)15/h1-3,7H,(H,16,17). The molecule has 0 aliphatic heterocycles. The average molecular weight is 274 g/mol. The first-order valence-electron chi connectivity index (χ1n) is 4.17. The quantitative estimate of drug-likeness (QED) is 0.820. The lowest BCUT2D eigenvalue weighted by Gasteiger charge is -2.13. The highest BCUT2D eigenvalue weighted by atomic mass is 35.5. The number of hydrogen-bond donors (Lipinski definition) is 1. The highest BCUT2D eigenvalue weighted by Crippen LogP contribution is 2.36. The van der Waals surface area contributed by atoms with Gasteiger partial charge < -0.3 is 5.32 Å². The molecule has 0 atom stereocenters. The summed E-state index contributed by atoms with van der Waals surface area (Å²) in [5.41, 5.74) is -2.04. The SMILES string of the molecule is O=C(Nc1ccc(Cl)cc1C(F)(F)F)C(F)F. The summed E-state index contributed by atoms with van der Waals surface area (Å²) in [7, 11) is 0. The van der Waals surface area contributed by atoms with Gasteiger partial charge in [-0.05, 0) is 18.2 Å². The van der Waals surface area contributed by atoms with Gasteiger partial charge in [0, 0.05) is 5.02 Å². The molecule has 2 nitrogen and oxygen atoms in total. The fraction of sp³-hybridized carbons (Fsp3) is 0.222. The summed E-state index contributed by atoms with van der Waals surface area (Å²) in [5, 5.41) is 1.26. The van der Waals surface area contributed by atoms with E-state index in [1.807, 2.05) is 0 Å². The van der Waals surface area contributed by atoms with Crippen LogP contribution in [-0.2, 0) is 11.0 Å². The second kappa shape index (κ2) is 4.87. The Bertz CT molecular complexity index is 432. The van der Waals surface area contributed by atoms with E-state index >= 15 is 0 Å². The molecule has 0 bridgehead atoms. The van der Waals surface area contributed by atoms with Gasteiger partial charge in [0.15, 0.2) is 0 Å². The van der Waals surface area contributed by atoms with Crippen LogP contribution >= 0.6 is 11.6 Å². The minimum atomic E-state index is -4.80. The summed E-state index contributed by atoms with van der Waals surface area (Å²) < 4.78 is 61.3. The number of hydrogen-bond acceptors (Lipinski definition) is 1. The van der Waals surface area contributed by atoms with Crippen LogP contribution in [0.5, 0.6) is 0 Å². The van der Waals surface area contributed by atoms with Crippen molar-refractivity contribution in [3.05, 3.63) is 28.8 Å². The summed E-state index contributed by atoms with van der Waals surface area (Å²) in [6.45, 7) is 0.